The normalized spacial score (nSPS) is 11.6. The minimum absolute atomic E-state index is 0.0376. The summed E-state index contributed by atoms with van der Waals surface area (Å²) in [6.07, 6.45) is 4.32. The Morgan fingerprint density at radius 2 is 1.85 bits per heavy atom. The summed E-state index contributed by atoms with van der Waals surface area (Å²) < 4.78 is 5.69. The molecule has 3 heteroatoms. The minimum atomic E-state index is -0.0376. The maximum absolute atomic E-state index is 9.00. The lowest BCUT2D eigenvalue weighted by Gasteiger charge is -2.25. The SMILES string of the molecule is CCCCCOc1ccc(CNC(C)(C)CCO)cc1. The van der Waals surface area contributed by atoms with Crippen LogP contribution in [0.15, 0.2) is 24.3 Å². The molecular weight excluding hydrogens is 250 g/mol. The first-order valence-corrected chi connectivity index (χ1v) is 7.65. The van der Waals surface area contributed by atoms with Crippen molar-refractivity contribution in [3.8, 4) is 5.75 Å². The summed E-state index contributed by atoms with van der Waals surface area (Å²) in [5, 5.41) is 12.5. The van der Waals surface area contributed by atoms with Gasteiger partial charge in [-0.05, 0) is 44.4 Å². The predicted molar refractivity (Wildman–Crippen MR) is 84.1 cm³/mol. The second-order valence-electron chi connectivity index (χ2n) is 5.91. The number of aliphatic hydroxyl groups is 1. The molecule has 0 fully saturated rings. The van der Waals surface area contributed by atoms with E-state index in [9.17, 15) is 0 Å². The van der Waals surface area contributed by atoms with Crippen LogP contribution in [-0.4, -0.2) is 23.9 Å². The van der Waals surface area contributed by atoms with Crippen LogP contribution in [0.4, 0.5) is 0 Å². The molecule has 3 nitrogen and oxygen atoms in total. The van der Waals surface area contributed by atoms with E-state index in [1.165, 1.54) is 18.4 Å². The van der Waals surface area contributed by atoms with Gasteiger partial charge in [0.05, 0.1) is 6.61 Å². The Bertz CT molecular complexity index is 360. The van der Waals surface area contributed by atoms with Crippen LogP contribution in [0.25, 0.3) is 0 Å². The van der Waals surface area contributed by atoms with Gasteiger partial charge in [-0.15, -0.1) is 0 Å². The molecular formula is C17H29NO2. The summed E-state index contributed by atoms with van der Waals surface area (Å²) in [7, 11) is 0. The van der Waals surface area contributed by atoms with Gasteiger partial charge in [-0.1, -0.05) is 31.9 Å². The Morgan fingerprint density at radius 1 is 1.15 bits per heavy atom. The van der Waals surface area contributed by atoms with Crippen molar-refractivity contribution in [2.24, 2.45) is 0 Å². The van der Waals surface area contributed by atoms with Gasteiger partial charge in [-0.3, -0.25) is 0 Å². The van der Waals surface area contributed by atoms with Crippen LogP contribution in [0.2, 0.25) is 0 Å². The van der Waals surface area contributed by atoms with Gasteiger partial charge in [0.15, 0.2) is 0 Å². The second kappa shape index (κ2) is 8.98. The zero-order valence-electron chi connectivity index (χ0n) is 13.1. The molecule has 114 valence electrons. The molecule has 1 rings (SSSR count). The third-order valence-corrected chi connectivity index (χ3v) is 3.45. The van der Waals surface area contributed by atoms with Gasteiger partial charge in [-0.2, -0.15) is 0 Å². The van der Waals surface area contributed by atoms with Crippen molar-refractivity contribution in [3.63, 3.8) is 0 Å². The lowest BCUT2D eigenvalue weighted by atomic mass is 10.0. The largest absolute Gasteiger partial charge is 0.494 e. The Kier molecular flexibility index (Phi) is 7.63. The highest BCUT2D eigenvalue weighted by Gasteiger charge is 2.15. The van der Waals surface area contributed by atoms with Crippen molar-refractivity contribution < 1.29 is 9.84 Å². The molecule has 0 saturated carbocycles. The summed E-state index contributed by atoms with van der Waals surface area (Å²) in [6, 6.07) is 8.25. The van der Waals surface area contributed by atoms with E-state index < -0.39 is 0 Å². The fourth-order valence-corrected chi connectivity index (χ4v) is 1.95. The number of benzene rings is 1. The van der Waals surface area contributed by atoms with Crippen molar-refractivity contribution in [1.29, 1.82) is 0 Å². The van der Waals surface area contributed by atoms with Crippen molar-refractivity contribution in [2.75, 3.05) is 13.2 Å². The first-order valence-electron chi connectivity index (χ1n) is 7.65. The summed E-state index contributed by atoms with van der Waals surface area (Å²) in [5.74, 6) is 0.944. The molecule has 1 aromatic rings. The van der Waals surface area contributed by atoms with Crippen LogP contribution >= 0.6 is 0 Å². The third kappa shape index (κ3) is 6.92. The molecule has 0 spiro atoms. The Hall–Kier alpha value is -1.06. The monoisotopic (exact) mass is 279 g/mol. The van der Waals surface area contributed by atoms with Crippen LogP contribution in [0.5, 0.6) is 5.75 Å². The quantitative estimate of drug-likeness (QED) is 0.644. The summed E-state index contributed by atoms with van der Waals surface area (Å²) in [4.78, 5) is 0. The molecule has 20 heavy (non-hydrogen) atoms. The number of ether oxygens (including phenoxy) is 1. The lowest BCUT2D eigenvalue weighted by Crippen LogP contribution is -2.39. The number of nitrogens with one attached hydrogen (secondary N) is 1. The van der Waals surface area contributed by atoms with Gasteiger partial charge < -0.3 is 15.2 Å². The highest BCUT2D eigenvalue weighted by molar-refractivity contribution is 5.27. The van der Waals surface area contributed by atoms with Crippen molar-refractivity contribution in [1.82, 2.24) is 5.32 Å². The fourth-order valence-electron chi connectivity index (χ4n) is 1.95. The summed E-state index contributed by atoms with van der Waals surface area (Å²) >= 11 is 0. The van der Waals surface area contributed by atoms with Crippen LogP contribution < -0.4 is 10.1 Å². The van der Waals surface area contributed by atoms with Crippen LogP contribution in [-0.2, 0) is 6.54 Å². The van der Waals surface area contributed by atoms with E-state index in [1.807, 2.05) is 12.1 Å². The fraction of sp³-hybridized carbons (Fsp3) is 0.647. The zero-order chi connectivity index (χ0) is 14.8. The average Bonchev–Trinajstić information content (AvgIpc) is 2.43. The number of unbranched alkanes of at least 4 members (excludes halogenated alkanes) is 2. The molecule has 0 atom stereocenters. The molecule has 2 N–H and O–H groups in total. The van der Waals surface area contributed by atoms with Crippen molar-refractivity contribution >= 4 is 0 Å². The highest BCUT2D eigenvalue weighted by Crippen LogP contribution is 2.14. The molecule has 0 aromatic heterocycles. The smallest absolute Gasteiger partial charge is 0.119 e. The molecule has 0 bridgehead atoms. The number of rotatable bonds is 10. The van der Waals surface area contributed by atoms with Gasteiger partial charge in [0, 0.05) is 18.7 Å². The second-order valence-corrected chi connectivity index (χ2v) is 5.91. The first kappa shape index (κ1) is 17.0. The topological polar surface area (TPSA) is 41.5 Å². The van der Waals surface area contributed by atoms with E-state index in [1.54, 1.807) is 0 Å². The number of aliphatic hydroxyl groups excluding tert-OH is 1. The van der Waals surface area contributed by atoms with E-state index in [2.05, 4.69) is 38.2 Å². The van der Waals surface area contributed by atoms with Crippen LogP contribution in [0.1, 0.15) is 52.0 Å². The van der Waals surface area contributed by atoms with E-state index in [4.69, 9.17) is 9.84 Å². The standard InChI is InChI=1S/C17H29NO2/c1-4-5-6-13-20-16-9-7-15(8-10-16)14-18-17(2,3)11-12-19/h7-10,18-19H,4-6,11-14H2,1-3H3. The first-order chi connectivity index (χ1) is 9.57. The molecule has 0 saturated heterocycles. The minimum Gasteiger partial charge on any atom is -0.494 e. The van der Waals surface area contributed by atoms with Crippen molar-refractivity contribution in [3.05, 3.63) is 29.8 Å². The maximum Gasteiger partial charge on any atom is 0.119 e. The Morgan fingerprint density at radius 3 is 2.45 bits per heavy atom. The van der Waals surface area contributed by atoms with Crippen LogP contribution in [0, 0.1) is 0 Å². The summed E-state index contributed by atoms with van der Waals surface area (Å²) in [6.45, 7) is 8.23. The maximum atomic E-state index is 9.00. The predicted octanol–water partition coefficient (Wildman–Crippen LogP) is 3.51. The molecule has 0 radical (unpaired) electrons. The van der Waals surface area contributed by atoms with Crippen molar-refractivity contribution in [2.45, 2.75) is 58.5 Å². The molecule has 0 amide bonds. The zero-order valence-corrected chi connectivity index (χ0v) is 13.1. The molecule has 0 aliphatic rings. The van der Waals surface area contributed by atoms with Gasteiger partial charge in [-0.25, -0.2) is 0 Å². The van der Waals surface area contributed by atoms with E-state index >= 15 is 0 Å². The Labute approximate surface area is 123 Å². The molecule has 0 aliphatic carbocycles. The average molecular weight is 279 g/mol. The van der Waals surface area contributed by atoms with E-state index in [0.29, 0.717) is 0 Å². The molecule has 0 unspecified atom stereocenters. The summed E-state index contributed by atoms with van der Waals surface area (Å²) in [5.41, 5.74) is 1.20. The van der Waals surface area contributed by atoms with Gasteiger partial charge in [0.2, 0.25) is 0 Å². The van der Waals surface area contributed by atoms with E-state index in [0.717, 1.165) is 31.7 Å². The molecule has 0 aliphatic heterocycles. The molecule has 1 aromatic carbocycles. The molecule has 0 heterocycles. The highest BCUT2D eigenvalue weighted by atomic mass is 16.5. The lowest BCUT2D eigenvalue weighted by molar-refractivity contribution is 0.230. The van der Waals surface area contributed by atoms with Crippen LogP contribution in [0.3, 0.4) is 0 Å². The number of hydrogen-bond donors (Lipinski definition) is 2. The van der Waals surface area contributed by atoms with Gasteiger partial charge in [0.25, 0.3) is 0 Å². The third-order valence-electron chi connectivity index (χ3n) is 3.45. The van der Waals surface area contributed by atoms with E-state index in [-0.39, 0.29) is 12.1 Å². The van der Waals surface area contributed by atoms with Gasteiger partial charge in [0.1, 0.15) is 5.75 Å². The Balaban J connectivity index is 2.35. The number of hydrogen-bond acceptors (Lipinski definition) is 3. The van der Waals surface area contributed by atoms with Gasteiger partial charge >= 0.3 is 0 Å².